The van der Waals surface area contributed by atoms with Gasteiger partial charge in [0.25, 0.3) is 0 Å². The lowest BCUT2D eigenvalue weighted by Crippen LogP contribution is -2.20. The molecule has 0 spiro atoms. The SMILES string of the molecule is CCc1cccc(CC)c1NC(=S)Nc1ccc(Oc2ccc(C(C)(C)CC)cc2)cc1. The number of anilines is 2. The summed E-state index contributed by atoms with van der Waals surface area (Å²) in [4.78, 5) is 0. The van der Waals surface area contributed by atoms with E-state index >= 15 is 0 Å². The van der Waals surface area contributed by atoms with Gasteiger partial charge >= 0.3 is 0 Å². The Kier molecular flexibility index (Phi) is 7.92. The summed E-state index contributed by atoms with van der Waals surface area (Å²) in [6.07, 6.45) is 3.02. The number of aryl methyl sites for hydroxylation is 2. The molecule has 0 fully saturated rings. The Morgan fingerprint density at radius 1 is 0.781 bits per heavy atom. The van der Waals surface area contributed by atoms with Crippen LogP contribution in [0.1, 0.15) is 57.7 Å². The Morgan fingerprint density at radius 3 is 1.81 bits per heavy atom. The Bertz CT molecular complexity index is 1020. The standard InChI is InChI=1S/C28H34N2OS/c1-6-20-10-9-11-21(7-2)26(20)30-27(32)29-23-14-18-25(19-15-23)31-24-16-12-22(13-17-24)28(4,5)8-3/h9-19H,6-8H2,1-5H3,(H2,29,30,32). The molecule has 0 amide bonds. The number of ether oxygens (including phenoxy) is 1. The lowest BCUT2D eigenvalue weighted by atomic mass is 9.82. The minimum atomic E-state index is 0.174. The Morgan fingerprint density at radius 2 is 1.31 bits per heavy atom. The number of para-hydroxylation sites is 1. The highest BCUT2D eigenvalue weighted by Crippen LogP contribution is 2.30. The molecule has 3 aromatic carbocycles. The zero-order chi connectivity index (χ0) is 23.1. The largest absolute Gasteiger partial charge is 0.457 e. The molecule has 0 heterocycles. The lowest BCUT2D eigenvalue weighted by molar-refractivity contribution is 0.478. The highest BCUT2D eigenvalue weighted by Gasteiger charge is 2.17. The van der Waals surface area contributed by atoms with Crippen LogP contribution in [0.25, 0.3) is 0 Å². The van der Waals surface area contributed by atoms with Crippen molar-refractivity contribution in [1.82, 2.24) is 0 Å². The molecular formula is C28H34N2OS. The quantitative estimate of drug-likeness (QED) is 0.342. The highest BCUT2D eigenvalue weighted by atomic mass is 32.1. The minimum Gasteiger partial charge on any atom is -0.457 e. The average Bonchev–Trinajstić information content (AvgIpc) is 2.80. The van der Waals surface area contributed by atoms with Gasteiger partial charge in [-0.1, -0.05) is 65.0 Å². The third kappa shape index (κ3) is 5.89. The molecular weight excluding hydrogens is 412 g/mol. The molecule has 0 atom stereocenters. The van der Waals surface area contributed by atoms with Crippen LogP contribution in [0.4, 0.5) is 11.4 Å². The first-order valence-electron chi connectivity index (χ1n) is 11.4. The third-order valence-corrected chi connectivity index (χ3v) is 6.31. The van der Waals surface area contributed by atoms with Crippen molar-refractivity contribution >= 4 is 28.7 Å². The van der Waals surface area contributed by atoms with Crippen molar-refractivity contribution in [2.45, 2.75) is 59.3 Å². The van der Waals surface area contributed by atoms with E-state index in [-0.39, 0.29) is 5.41 Å². The summed E-state index contributed by atoms with van der Waals surface area (Å²) in [5, 5.41) is 7.26. The lowest BCUT2D eigenvalue weighted by Gasteiger charge is -2.23. The van der Waals surface area contributed by atoms with E-state index in [4.69, 9.17) is 17.0 Å². The molecule has 0 unspecified atom stereocenters. The maximum atomic E-state index is 6.02. The van der Waals surface area contributed by atoms with Crippen LogP contribution in [0.15, 0.2) is 66.7 Å². The number of benzene rings is 3. The molecule has 0 aliphatic heterocycles. The fourth-order valence-corrected chi connectivity index (χ4v) is 3.82. The van der Waals surface area contributed by atoms with Crippen LogP contribution in [-0.4, -0.2) is 5.11 Å². The average molecular weight is 447 g/mol. The van der Waals surface area contributed by atoms with E-state index < -0.39 is 0 Å². The Hall–Kier alpha value is -2.85. The van der Waals surface area contributed by atoms with Crippen LogP contribution in [0.5, 0.6) is 11.5 Å². The van der Waals surface area contributed by atoms with Crippen LogP contribution in [0.3, 0.4) is 0 Å². The van der Waals surface area contributed by atoms with Crippen LogP contribution < -0.4 is 15.4 Å². The molecule has 3 rings (SSSR count). The predicted molar refractivity (Wildman–Crippen MR) is 141 cm³/mol. The van der Waals surface area contributed by atoms with Gasteiger partial charge < -0.3 is 15.4 Å². The van der Waals surface area contributed by atoms with Crippen molar-refractivity contribution in [3.63, 3.8) is 0 Å². The van der Waals surface area contributed by atoms with E-state index in [0.717, 1.165) is 42.1 Å². The number of rotatable bonds is 8. The second-order valence-corrected chi connectivity index (χ2v) is 9.03. The van der Waals surface area contributed by atoms with Crippen molar-refractivity contribution < 1.29 is 4.74 Å². The van der Waals surface area contributed by atoms with Crippen molar-refractivity contribution in [2.24, 2.45) is 0 Å². The molecule has 2 N–H and O–H groups in total. The molecule has 0 saturated carbocycles. The van der Waals surface area contributed by atoms with Crippen molar-refractivity contribution in [3.05, 3.63) is 83.4 Å². The highest BCUT2D eigenvalue weighted by molar-refractivity contribution is 7.80. The minimum absolute atomic E-state index is 0.174. The van der Waals surface area contributed by atoms with Gasteiger partial charge in [-0.3, -0.25) is 0 Å². The molecule has 3 aromatic rings. The van der Waals surface area contributed by atoms with Gasteiger partial charge in [-0.05, 0) is 90.0 Å². The van der Waals surface area contributed by atoms with Gasteiger partial charge in [0.1, 0.15) is 11.5 Å². The molecule has 4 heteroatoms. The fourth-order valence-electron chi connectivity index (χ4n) is 3.60. The van der Waals surface area contributed by atoms with Crippen LogP contribution in [-0.2, 0) is 18.3 Å². The van der Waals surface area contributed by atoms with Gasteiger partial charge in [-0.25, -0.2) is 0 Å². The molecule has 0 saturated heterocycles. The first-order chi connectivity index (χ1) is 15.4. The first-order valence-corrected chi connectivity index (χ1v) is 11.8. The van der Waals surface area contributed by atoms with Gasteiger partial charge in [0, 0.05) is 11.4 Å². The summed E-state index contributed by atoms with van der Waals surface area (Å²) in [6, 6.07) is 22.6. The molecule has 3 nitrogen and oxygen atoms in total. The Labute approximate surface area is 198 Å². The van der Waals surface area contributed by atoms with Crippen LogP contribution >= 0.6 is 12.2 Å². The summed E-state index contributed by atoms with van der Waals surface area (Å²) in [5.74, 6) is 1.63. The molecule has 0 aliphatic rings. The first kappa shape index (κ1) is 23.8. The zero-order valence-corrected chi connectivity index (χ0v) is 20.6. The van der Waals surface area contributed by atoms with Crippen LogP contribution in [0.2, 0.25) is 0 Å². The predicted octanol–water partition coefficient (Wildman–Crippen LogP) is 8.10. The number of hydrogen-bond donors (Lipinski definition) is 2. The molecule has 0 radical (unpaired) electrons. The normalized spacial score (nSPS) is 11.2. The van der Waals surface area contributed by atoms with Crippen LogP contribution in [0, 0.1) is 0 Å². The number of thiocarbonyl (C=S) groups is 1. The molecule has 0 bridgehead atoms. The van der Waals surface area contributed by atoms with Gasteiger partial charge in [0.05, 0.1) is 0 Å². The van der Waals surface area contributed by atoms with Gasteiger partial charge in [0.2, 0.25) is 0 Å². The van der Waals surface area contributed by atoms with E-state index in [0.29, 0.717) is 5.11 Å². The van der Waals surface area contributed by atoms with Gasteiger partial charge in [0.15, 0.2) is 5.11 Å². The maximum absolute atomic E-state index is 6.02. The summed E-state index contributed by atoms with van der Waals surface area (Å²) >= 11 is 5.57. The van der Waals surface area contributed by atoms with E-state index in [1.54, 1.807) is 0 Å². The van der Waals surface area contributed by atoms with E-state index in [1.165, 1.54) is 16.7 Å². The van der Waals surface area contributed by atoms with Gasteiger partial charge in [-0.15, -0.1) is 0 Å². The van der Waals surface area contributed by atoms with E-state index in [9.17, 15) is 0 Å². The van der Waals surface area contributed by atoms with Crippen molar-refractivity contribution in [2.75, 3.05) is 10.6 Å². The van der Waals surface area contributed by atoms with Gasteiger partial charge in [-0.2, -0.15) is 0 Å². The Balaban J connectivity index is 1.62. The van der Waals surface area contributed by atoms with E-state index in [1.807, 2.05) is 36.4 Å². The zero-order valence-electron chi connectivity index (χ0n) is 19.8. The number of nitrogens with one attached hydrogen (secondary N) is 2. The summed E-state index contributed by atoms with van der Waals surface area (Å²) < 4.78 is 6.02. The third-order valence-electron chi connectivity index (χ3n) is 6.10. The maximum Gasteiger partial charge on any atom is 0.175 e. The van der Waals surface area contributed by atoms with Crippen molar-refractivity contribution in [1.29, 1.82) is 0 Å². The molecule has 32 heavy (non-hydrogen) atoms. The summed E-state index contributed by atoms with van der Waals surface area (Å²) in [6.45, 7) is 11.1. The molecule has 168 valence electrons. The van der Waals surface area contributed by atoms with E-state index in [2.05, 4.69) is 75.6 Å². The second kappa shape index (κ2) is 10.6. The second-order valence-electron chi connectivity index (χ2n) is 8.63. The molecule has 0 aromatic heterocycles. The molecule has 0 aliphatic carbocycles. The summed E-state index contributed by atoms with van der Waals surface area (Å²) in [5.41, 5.74) is 6.07. The fraction of sp³-hybridized carbons (Fsp3) is 0.321. The smallest absolute Gasteiger partial charge is 0.175 e. The summed E-state index contributed by atoms with van der Waals surface area (Å²) in [7, 11) is 0. The topological polar surface area (TPSA) is 33.3 Å². The number of hydrogen-bond acceptors (Lipinski definition) is 2. The monoisotopic (exact) mass is 446 g/mol. The van der Waals surface area contributed by atoms with Crippen molar-refractivity contribution in [3.8, 4) is 11.5 Å².